The fourth-order valence-electron chi connectivity index (χ4n) is 2.58. The lowest BCUT2D eigenvalue weighted by molar-refractivity contribution is -0.121. The largest absolute Gasteiger partial charge is 0.355 e. The number of benzene rings is 1. The summed E-state index contributed by atoms with van der Waals surface area (Å²) in [6, 6.07) is 5.81. The lowest BCUT2D eigenvalue weighted by Gasteiger charge is -2.17. The molecule has 0 aliphatic carbocycles. The van der Waals surface area contributed by atoms with Crippen LogP contribution in [0.4, 0.5) is 5.69 Å². The number of unbranched alkanes of at least 4 members (excludes halogenated alkanes) is 1. The van der Waals surface area contributed by atoms with Gasteiger partial charge in [-0.15, -0.1) is 11.3 Å². The average molecular weight is 439 g/mol. The van der Waals surface area contributed by atoms with E-state index in [2.05, 4.69) is 15.6 Å². The second-order valence-corrected chi connectivity index (χ2v) is 9.64. The number of aromatic nitrogens is 1. The molecular formula is C19H26N4O4S2. The molecule has 2 aromatic rings. The van der Waals surface area contributed by atoms with Crippen molar-refractivity contribution in [3.8, 4) is 0 Å². The highest BCUT2D eigenvalue weighted by Gasteiger charge is 2.22. The zero-order chi connectivity index (χ0) is 21.4. The molecular weight excluding hydrogens is 412 g/mol. The Labute approximate surface area is 175 Å². The SMILES string of the molecule is CC(=O)Nc1ccc(S(=O)(=O)N(C)CC(=O)NCCCCc2nc(C)cs2)cc1. The minimum absolute atomic E-state index is 0.0562. The standard InChI is InChI=1S/C19H26N4O4S2/c1-14-13-28-19(21-14)6-4-5-11-20-18(25)12-23(3)29(26,27)17-9-7-16(8-10-17)22-15(2)24/h7-10,13H,4-6,11-12H2,1-3H3,(H,20,25)(H,22,24). The van der Waals surface area contributed by atoms with Crippen LogP contribution >= 0.6 is 11.3 Å². The predicted octanol–water partition coefficient (Wildman–Crippen LogP) is 2.17. The minimum Gasteiger partial charge on any atom is -0.355 e. The van der Waals surface area contributed by atoms with Crippen molar-refractivity contribution in [1.29, 1.82) is 0 Å². The quantitative estimate of drug-likeness (QED) is 0.553. The van der Waals surface area contributed by atoms with Crippen LogP contribution in [0, 0.1) is 6.92 Å². The van der Waals surface area contributed by atoms with E-state index in [-0.39, 0.29) is 23.3 Å². The third-order valence-electron chi connectivity index (χ3n) is 4.06. The van der Waals surface area contributed by atoms with Crippen LogP contribution in [-0.2, 0) is 26.0 Å². The summed E-state index contributed by atoms with van der Waals surface area (Å²) in [6.07, 6.45) is 2.57. The summed E-state index contributed by atoms with van der Waals surface area (Å²) < 4.78 is 26.2. The number of aryl methyl sites for hydroxylation is 2. The molecule has 8 nitrogen and oxygen atoms in total. The van der Waals surface area contributed by atoms with E-state index in [0.29, 0.717) is 12.2 Å². The number of carbonyl (C=O) groups excluding carboxylic acids is 2. The highest BCUT2D eigenvalue weighted by atomic mass is 32.2. The van der Waals surface area contributed by atoms with Gasteiger partial charge in [-0.25, -0.2) is 13.4 Å². The maximum Gasteiger partial charge on any atom is 0.243 e. The van der Waals surface area contributed by atoms with E-state index < -0.39 is 10.0 Å². The molecule has 0 aliphatic rings. The lowest BCUT2D eigenvalue weighted by Crippen LogP contribution is -2.38. The Hall–Kier alpha value is -2.30. The van der Waals surface area contributed by atoms with E-state index in [9.17, 15) is 18.0 Å². The average Bonchev–Trinajstić information content (AvgIpc) is 3.06. The fourth-order valence-corrected chi connectivity index (χ4v) is 4.53. The molecule has 0 saturated heterocycles. The molecule has 2 amide bonds. The minimum atomic E-state index is -3.80. The van der Waals surface area contributed by atoms with Crippen LogP contribution in [0.5, 0.6) is 0 Å². The topological polar surface area (TPSA) is 108 Å². The van der Waals surface area contributed by atoms with Gasteiger partial charge >= 0.3 is 0 Å². The third-order valence-corrected chi connectivity index (χ3v) is 6.90. The van der Waals surface area contributed by atoms with Gasteiger partial charge in [0.1, 0.15) is 0 Å². The summed E-state index contributed by atoms with van der Waals surface area (Å²) in [7, 11) is -2.43. The lowest BCUT2D eigenvalue weighted by atomic mass is 10.2. The number of amides is 2. The first kappa shape index (κ1) is 23.0. The van der Waals surface area contributed by atoms with Crippen molar-refractivity contribution >= 4 is 38.9 Å². The van der Waals surface area contributed by atoms with Gasteiger partial charge in [-0.2, -0.15) is 4.31 Å². The second-order valence-electron chi connectivity index (χ2n) is 6.66. The highest BCUT2D eigenvalue weighted by molar-refractivity contribution is 7.89. The van der Waals surface area contributed by atoms with Crippen LogP contribution in [0.25, 0.3) is 0 Å². The zero-order valence-corrected chi connectivity index (χ0v) is 18.4. The Kier molecular flexibility index (Phi) is 8.30. The molecule has 0 radical (unpaired) electrons. The smallest absolute Gasteiger partial charge is 0.243 e. The molecule has 1 aromatic carbocycles. The van der Waals surface area contributed by atoms with Crippen molar-refractivity contribution in [3.05, 3.63) is 40.3 Å². The van der Waals surface area contributed by atoms with Crippen molar-refractivity contribution in [2.75, 3.05) is 25.5 Å². The number of thiazole rings is 1. The molecule has 0 aliphatic heterocycles. The number of nitrogens with one attached hydrogen (secondary N) is 2. The molecule has 2 rings (SSSR count). The Morgan fingerprint density at radius 3 is 2.45 bits per heavy atom. The van der Waals surface area contributed by atoms with E-state index in [4.69, 9.17) is 0 Å². The number of hydrogen-bond donors (Lipinski definition) is 2. The van der Waals surface area contributed by atoms with Crippen LogP contribution in [0.15, 0.2) is 34.5 Å². The Morgan fingerprint density at radius 1 is 1.17 bits per heavy atom. The fraction of sp³-hybridized carbons (Fsp3) is 0.421. The van der Waals surface area contributed by atoms with Gasteiger partial charge in [0.2, 0.25) is 21.8 Å². The summed E-state index contributed by atoms with van der Waals surface area (Å²) >= 11 is 1.63. The highest BCUT2D eigenvalue weighted by Crippen LogP contribution is 2.17. The van der Waals surface area contributed by atoms with Crippen LogP contribution in [-0.4, -0.2) is 49.7 Å². The number of anilines is 1. The summed E-state index contributed by atoms with van der Waals surface area (Å²) in [4.78, 5) is 27.6. The first-order valence-electron chi connectivity index (χ1n) is 9.20. The van der Waals surface area contributed by atoms with Crippen LogP contribution in [0.1, 0.15) is 30.5 Å². The van der Waals surface area contributed by atoms with Gasteiger partial charge in [-0.05, 0) is 50.5 Å². The molecule has 10 heteroatoms. The molecule has 0 spiro atoms. The van der Waals surface area contributed by atoms with Crippen LogP contribution < -0.4 is 10.6 Å². The van der Waals surface area contributed by atoms with Crippen molar-refractivity contribution < 1.29 is 18.0 Å². The molecule has 0 atom stereocenters. The maximum absolute atomic E-state index is 12.6. The Bertz CT molecular complexity index is 939. The third kappa shape index (κ3) is 7.22. The summed E-state index contributed by atoms with van der Waals surface area (Å²) in [5.74, 6) is -0.591. The van der Waals surface area contributed by atoms with Gasteiger partial charge in [-0.3, -0.25) is 9.59 Å². The van der Waals surface area contributed by atoms with Crippen molar-refractivity contribution in [2.24, 2.45) is 0 Å². The maximum atomic E-state index is 12.6. The van der Waals surface area contributed by atoms with Gasteiger partial charge in [0.25, 0.3) is 0 Å². The first-order chi connectivity index (χ1) is 13.7. The molecule has 158 valence electrons. The van der Waals surface area contributed by atoms with Gasteiger partial charge in [0.05, 0.1) is 16.4 Å². The number of likely N-dealkylation sites (N-methyl/N-ethyl adjacent to an activating group) is 1. The number of nitrogens with zero attached hydrogens (tertiary/aromatic N) is 2. The molecule has 2 N–H and O–H groups in total. The predicted molar refractivity (Wildman–Crippen MR) is 113 cm³/mol. The number of sulfonamides is 1. The number of hydrogen-bond acceptors (Lipinski definition) is 6. The van der Waals surface area contributed by atoms with Crippen LogP contribution in [0.2, 0.25) is 0 Å². The second kappa shape index (κ2) is 10.5. The number of rotatable bonds is 10. The Balaban J connectivity index is 1.77. The van der Waals surface area contributed by atoms with Crippen molar-refractivity contribution in [3.63, 3.8) is 0 Å². The van der Waals surface area contributed by atoms with Crippen molar-refractivity contribution in [2.45, 2.75) is 38.0 Å². The molecule has 0 bridgehead atoms. The molecule has 0 unspecified atom stereocenters. The van der Waals surface area contributed by atoms with E-state index >= 15 is 0 Å². The summed E-state index contributed by atoms with van der Waals surface area (Å²) in [6.45, 7) is 3.56. The van der Waals surface area contributed by atoms with Crippen LogP contribution in [0.3, 0.4) is 0 Å². The van der Waals surface area contributed by atoms with E-state index in [1.165, 1.54) is 38.2 Å². The van der Waals surface area contributed by atoms with Gasteiger partial charge in [0, 0.05) is 37.3 Å². The molecule has 1 heterocycles. The first-order valence-corrected chi connectivity index (χ1v) is 11.5. The zero-order valence-electron chi connectivity index (χ0n) is 16.8. The van der Waals surface area contributed by atoms with E-state index in [1.807, 2.05) is 12.3 Å². The molecule has 1 aromatic heterocycles. The summed E-state index contributed by atoms with van der Waals surface area (Å²) in [5.41, 5.74) is 1.53. The van der Waals surface area contributed by atoms with E-state index in [1.54, 1.807) is 11.3 Å². The van der Waals surface area contributed by atoms with Gasteiger partial charge in [-0.1, -0.05) is 0 Å². The molecule has 0 fully saturated rings. The van der Waals surface area contributed by atoms with E-state index in [0.717, 1.165) is 34.3 Å². The molecule has 0 saturated carbocycles. The monoisotopic (exact) mass is 438 g/mol. The Morgan fingerprint density at radius 2 is 1.86 bits per heavy atom. The van der Waals surface area contributed by atoms with Gasteiger partial charge < -0.3 is 10.6 Å². The van der Waals surface area contributed by atoms with Gasteiger partial charge in [0.15, 0.2) is 0 Å². The number of carbonyl (C=O) groups is 2. The van der Waals surface area contributed by atoms with Crippen molar-refractivity contribution in [1.82, 2.24) is 14.6 Å². The normalized spacial score (nSPS) is 11.4. The summed E-state index contributed by atoms with van der Waals surface area (Å²) in [5, 5.41) is 8.43. The molecule has 29 heavy (non-hydrogen) atoms.